The van der Waals surface area contributed by atoms with E-state index in [2.05, 4.69) is 52.2 Å². The van der Waals surface area contributed by atoms with Gasteiger partial charge in [0.15, 0.2) is 0 Å². The van der Waals surface area contributed by atoms with E-state index in [1.807, 2.05) is 41.3 Å². The Morgan fingerprint density at radius 1 is 0.905 bits per heavy atom. The van der Waals surface area contributed by atoms with Crippen LogP contribution in [-0.2, 0) is 4.79 Å². The van der Waals surface area contributed by atoms with Crippen LogP contribution in [0, 0.1) is 0 Å². The van der Waals surface area contributed by atoms with Gasteiger partial charge in [0.25, 0.3) is 0 Å². The van der Waals surface area contributed by atoms with Crippen LogP contribution in [-0.4, -0.2) is 21.9 Å². The van der Waals surface area contributed by atoms with Gasteiger partial charge in [0, 0.05) is 11.7 Å². The van der Waals surface area contributed by atoms with Crippen LogP contribution in [0.1, 0.15) is 11.6 Å². The molecular formula is C17H15IN2O. The lowest BCUT2D eigenvalue weighted by Gasteiger charge is -2.44. The highest BCUT2D eigenvalue weighted by atomic mass is 127. The average molecular weight is 390 g/mol. The van der Waals surface area contributed by atoms with Crippen LogP contribution in [0.3, 0.4) is 0 Å². The Morgan fingerprint density at radius 2 is 1.52 bits per heavy atom. The molecule has 2 aromatic carbocycles. The van der Waals surface area contributed by atoms with E-state index in [4.69, 9.17) is 0 Å². The highest BCUT2D eigenvalue weighted by Crippen LogP contribution is 2.43. The van der Waals surface area contributed by atoms with E-state index < -0.39 is 0 Å². The summed E-state index contributed by atoms with van der Waals surface area (Å²) in [7, 11) is 0. The van der Waals surface area contributed by atoms with Gasteiger partial charge in [0.05, 0.1) is 9.97 Å². The van der Waals surface area contributed by atoms with Gasteiger partial charge in [-0.15, -0.1) is 0 Å². The summed E-state index contributed by atoms with van der Waals surface area (Å²) in [4.78, 5) is 14.4. The minimum Gasteiger partial charge on any atom is -0.305 e. The van der Waals surface area contributed by atoms with E-state index >= 15 is 0 Å². The fraction of sp³-hybridized carbons (Fsp3) is 0.235. The molecule has 3 nitrogen and oxygen atoms in total. The molecular weight excluding hydrogens is 375 g/mol. The van der Waals surface area contributed by atoms with Crippen molar-refractivity contribution in [3.05, 3.63) is 66.2 Å². The lowest BCUT2D eigenvalue weighted by molar-refractivity contribution is -0.125. The Bertz CT molecular complexity index is 661. The maximum atomic E-state index is 12.4. The van der Waals surface area contributed by atoms with E-state index in [0.29, 0.717) is 3.92 Å². The maximum absolute atomic E-state index is 12.4. The van der Waals surface area contributed by atoms with Crippen molar-refractivity contribution >= 4 is 34.2 Å². The molecule has 2 saturated heterocycles. The van der Waals surface area contributed by atoms with Gasteiger partial charge in [-0.1, -0.05) is 71.1 Å². The third-order valence-electron chi connectivity index (χ3n) is 4.34. The highest BCUT2D eigenvalue weighted by Gasteiger charge is 2.58. The summed E-state index contributed by atoms with van der Waals surface area (Å²) in [5.74, 6) is 0.186. The van der Waals surface area contributed by atoms with E-state index in [1.165, 1.54) is 5.56 Å². The lowest BCUT2D eigenvalue weighted by Crippen LogP contribution is -2.67. The van der Waals surface area contributed by atoms with Gasteiger partial charge in [-0.25, -0.2) is 0 Å². The summed E-state index contributed by atoms with van der Waals surface area (Å²) in [5, 5.41) is 3.51. The first-order valence-corrected chi connectivity index (χ1v) is 8.35. The Morgan fingerprint density at radius 3 is 2.19 bits per heavy atom. The number of β-lactam (4-membered cyclic amide) rings is 1. The van der Waals surface area contributed by atoms with Crippen molar-refractivity contribution in [1.82, 2.24) is 5.32 Å². The number of alkyl halides is 1. The van der Waals surface area contributed by atoms with E-state index in [1.54, 1.807) is 0 Å². The predicted molar refractivity (Wildman–Crippen MR) is 91.6 cm³/mol. The molecule has 1 N–H and O–H groups in total. The molecule has 0 bridgehead atoms. The zero-order valence-electron chi connectivity index (χ0n) is 11.3. The quantitative estimate of drug-likeness (QED) is 0.486. The first-order valence-electron chi connectivity index (χ1n) is 7.10. The molecule has 4 atom stereocenters. The fourth-order valence-corrected chi connectivity index (χ4v) is 4.68. The topological polar surface area (TPSA) is 32.3 Å². The molecule has 4 rings (SSSR count). The van der Waals surface area contributed by atoms with Crippen LogP contribution in [0.4, 0.5) is 5.69 Å². The molecule has 2 aliphatic rings. The zero-order valence-corrected chi connectivity index (χ0v) is 13.5. The van der Waals surface area contributed by atoms with E-state index in [-0.39, 0.29) is 24.0 Å². The number of para-hydroxylation sites is 1. The first-order chi connectivity index (χ1) is 10.3. The monoisotopic (exact) mass is 390 g/mol. The van der Waals surface area contributed by atoms with Crippen molar-refractivity contribution in [2.75, 3.05) is 4.90 Å². The number of halogens is 1. The van der Waals surface area contributed by atoms with Crippen LogP contribution in [0.5, 0.6) is 0 Å². The second kappa shape index (κ2) is 5.10. The predicted octanol–water partition coefficient (Wildman–Crippen LogP) is 2.92. The molecule has 2 heterocycles. The molecule has 106 valence electrons. The molecule has 0 saturated carbocycles. The average Bonchev–Trinajstić information content (AvgIpc) is 2.83. The number of anilines is 1. The highest BCUT2D eigenvalue weighted by molar-refractivity contribution is 14.1. The molecule has 2 aromatic rings. The second-order valence-electron chi connectivity index (χ2n) is 5.51. The molecule has 1 amide bonds. The van der Waals surface area contributed by atoms with Gasteiger partial charge in [-0.3, -0.25) is 10.1 Å². The minimum absolute atomic E-state index is 0.0442. The molecule has 0 radical (unpaired) electrons. The molecule has 2 fully saturated rings. The van der Waals surface area contributed by atoms with Crippen molar-refractivity contribution < 1.29 is 4.79 Å². The van der Waals surface area contributed by atoms with Crippen LogP contribution in [0.15, 0.2) is 60.7 Å². The summed E-state index contributed by atoms with van der Waals surface area (Å²) in [5.41, 5.74) is 2.26. The Kier molecular flexibility index (Phi) is 3.23. The van der Waals surface area contributed by atoms with Gasteiger partial charge in [-0.05, 0) is 17.7 Å². The van der Waals surface area contributed by atoms with Crippen molar-refractivity contribution in [3.63, 3.8) is 0 Å². The summed E-state index contributed by atoms with van der Waals surface area (Å²) in [6, 6.07) is 20.8. The van der Waals surface area contributed by atoms with Gasteiger partial charge in [0.2, 0.25) is 5.91 Å². The first kappa shape index (κ1) is 13.3. The molecule has 21 heavy (non-hydrogen) atoms. The smallest absolute Gasteiger partial charge is 0.246 e. The summed E-state index contributed by atoms with van der Waals surface area (Å²) in [6.45, 7) is 0. The second-order valence-corrected chi connectivity index (χ2v) is 6.95. The molecule has 0 unspecified atom stereocenters. The number of nitrogens with one attached hydrogen (secondary N) is 1. The van der Waals surface area contributed by atoms with Crippen LogP contribution >= 0.6 is 22.6 Å². The number of carbonyl (C=O) groups is 1. The molecule has 4 heteroatoms. The Hall–Kier alpha value is -1.40. The van der Waals surface area contributed by atoms with Crippen molar-refractivity contribution in [2.45, 2.75) is 22.1 Å². The van der Waals surface area contributed by atoms with Crippen LogP contribution < -0.4 is 10.2 Å². The summed E-state index contributed by atoms with van der Waals surface area (Å²) in [6.07, 6.45) is 0. The normalized spacial score (nSPS) is 30.9. The van der Waals surface area contributed by atoms with Gasteiger partial charge in [-0.2, -0.15) is 0 Å². The molecule has 0 aromatic heterocycles. The maximum Gasteiger partial charge on any atom is 0.246 e. The number of benzene rings is 2. The largest absolute Gasteiger partial charge is 0.305 e. The standard InChI is InChI=1S/C17H15IN2O/c18-13-14(11-7-3-1-4-8-11)19-15-16(13)20(17(15)21)12-9-5-2-6-10-12/h1-10,13-16,19H/t13-,14-,15-,16+/m1/s1. The van der Waals surface area contributed by atoms with Crippen molar-refractivity contribution in [2.24, 2.45) is 0 Å². The Balaban J connectivity index is 1.64. The third-order valence-corrected chi connectivity index (χ3v) is 5.80. The minimum atomic E-state index is -0.0442. The van der Waals surface area contributed by atoms with E-state index in [0.717, 1.165) is 5.69 Å². The number of rotatable bonds is 2. The molecule has 0 aliphatic carbocycles. The SMILES string of the molecule is O=C1[C@@H]2N[C@H](c3ccccc3)[C@@H](I)[C@@H]2N1c1ccccc1. The lowest BCUT2D eigenvalue weighted by atomic mass is 9.93. The summed E-state index contributed by atoms with van der Waals surface area (Å²) < 4.78 is 0.368. The van der Waals surface area contributed by atoms with Crippen LogP contribution in [0.25, 0.3) is 0 Å². The number of fused-ring (bicyclic) bond motifs is 1. The number of hydrogen-bond donors (Lipinski definition) is 1. The zero-order chi connectivity index (χ0) is 14.4. The van der Waals surface area contributed by atoms with Crippen LogP contribution in [0.2, 0.25) is 0 Å². The molecule has 0 spiro atoms. The number of nitrogens with zero attached hydrogens (tertiary/aromatic N) is 1. The Labute approximate surface area is 137 Å². The van der Waals surface area contributed by atoms with Crippen molar-refractivity contribution in [3.8, 4) is 0 Å². The van der Waals surface area contributed by atoms with Gasteiger partial charge in [0.1, 0.15) is 6.04 Å². The van der Waals surface area contributed by atoms with Crippen molar-refractivity contribution in [1.29, 1.82) is 0 Å². The number of carbonyl (C=O) groups excluding carboxylic acids is 1. The van der Waals surface area contributed by atoms with E-state index in [9.17, 15) is 4.79 Å². The third kappa shape index (κ3) is 2.00. The number of amides is 1. The fourth-order valence-electron chi connectivity index (χ4n) is 3.32. The van der Waals surface area contributed by atoms with Gasteiger partial charge < -0.3 is 4.90 Å². The molecule has 2 aliphatic heterocycles. The number of hydrogen-bond acceptors (Lipinski definition) is 2. The van der Waals surface area contributed by atoms with Gasteiger partial charge >= 0.3 is 0 Å². The summed E-state index contributed by atoms with van der Waals surface area (Å²) >= 11 is 2.49.